The number of nitrogens with two attached hydrogens (primary N) is 1. The van der Waals surface area contributed by atoms with Crippen LogP contribution in [-0.2, 0) is 13.5 Å². The van der Waals surface area contributed by atoms with Gasteiger partial charge in [-0.25, -0.2) is 4.98 Å². The van der Waals surface area contributed by atoms with Crippen LogP contribution in [0.2, 0.25) is 0 Å². The van der Waals surface area contributed by atoms with E-state index in [1.807, 2.05) is 47.8 Å². The topological polar surface area (TPSA) is 53.1 Å². The summed E-state index contributed by atoms with van der Waals surface area (Å²) in [5.41, 5.74) is 6.27. The van der Waals surface area contributed by atoms with E-state index >= 15 is 0 Å². The molecule has 0 saturated heterocycles. The summed E-state index contributed by atoms with van der Waals surface area (Å²) in [5, 5.41) is 0. The summed E-state index contributed by atoms with van der Waals surface area (Å²) >= 11 is 1.81. The first kappa shape index (κ1) is 12.6. The molecule has 1 aliphatic heterocycles. The quantitative estimate of drug-likeness (QED) is 0.928. The molecule has 3 rings (SSSR count). The first-order chi connectivity index (χ1) is 9.24. The second-order valence-electron chi connectivity index (χ2n) is 4.74. The fourth-order valence-electron chi connectivity index (χ4n) is 2.18. The van der Waals surface area contributed by atoms with Crippen molar-refractivity contribution in [2.24, 2.45) is 12.8 Å². The number of para-hydroxylation sites is 1. The Morgan fingerprint density at radius 3 is 3.16 bits per heavy atom. The largest absolute Gasteiger partial charge is 0.487 e. The first-order valence-electron chi connectivity index (χ1n) is 6.34. The standard InChI is InChI=1S/C14H17N3OS/c1-17-7-6-16-14(17)8-10(15)12-9-19-13-5-3-2-4-11(13)18-12/h2-7,10,12H,8-9,15H2,1H3. The minimum Gasteiger partial charge on any atom is -0.487 e. The molecule has 0 radical (unpaired) electrons. The summed E-state index contributed by atoms with van der Waals surface area (Å²) in [7, 11) is 1.99. The van der Waals surface area contributed by atoms with E-state index in [-0.39, 0.29) is 12.1 Å². The zero-order valence-electron chi connectivity index (χ0n) is 10.8. The van der Waals surface area contributed by atoms with Crippen LogP contribution in [0, 0.1) is 0 Å². The zero-order valence-corrected chi connectivity index (χ0v) is 11.6. The lowest BCUT2D eigenvalue weighted by molar-refractivity contribution is 0.183. The average molecular weight is 275 g/mol. The normalized spacial score (nSPS) is 19.6. The Hall–Kier alpha value is -1.46. The number of hydrogen-bond acceptors (Lipinski definition) is 4. The predicted molar refractivity (Wildman–Crippen MR) is 76.5 cm³/mol. The highest BCUT2D eigenvalue weighted by Gasteiger charge is 2.26. The molecule has 1 aromatic heterocycles. The molecule has 2 unspecified atom stereocenters. The number of nitrogens with zero attached hydrogens (tertiary/aromatic N) is 2. The maximum absolute atomic E-state index is 6.27. The summed E-state index contributed by atoms with van der Waals surface area (Å²) in [6.45, 7) is 0. The number of fused-ring (bicyclic) bond motifs is 1. The van der Waals surface area contributed by atoms with Gasteiger partial charge in [0.05, 0.1) is 0 Å². The summed E-state index contributed by atoms with van der Waals surface area (Å²) < 4.78 is 8.00. The molecule has 0 amide bonds. The van der Waals surface area contributed by atoms with E-state index in [0.717, 1.165) is 23.7 Å². The van der Waals surface area contributed by atoms with Crippen molar-refractivity contribution < 1.29 is 4.74 Å². The van der Waals surface area contributed by atoms with Gasteiger partial charge in [-0.3, -0.25) is 0 Å². The van der Waals surface area contributed by atoms with Gasteiger partial charge < -0.3 is 15.0 Å². The minimum absolute atomic E-state index is 0.0385. The Balaban J connectivity index is 1.69. The van der Waals surface area contributed by atoms with Crippen LogP contribution in [-0.4, -0.2) is 27.4 Å². The lowest BCUT2D eigenvalue weighted by Gasteiger charge is -2.29. The molecule has 0 bridgehead atoms. The minimum atomic E-state index is -0.0399. The summed E-state index contributed by atoms with van der Waals surface area (Å²) in [5.74, 6) is 2.83. The van der Waals surface area contributed by atoms with Gasteiger partial charge in [-0.05, 0) is 12.1 Å². The third-order valence-corrected chi connectivity index (χ3v) is 4.49. The van der Waals surface area contributed by atoms with Gasteiger partial charge in [-0.15, -0.1) is 11.8 Å². The number of thioether (sulfide) groups is 1. The molecule has 0 saturated carbocycles. The summed E-state index contributed by atoms with van der Waals surface area (Å²) in [6, 6.07) is 8.07. The molecule has 5 heteroatoms. The monoisotopic (exact) mass is 275 g/mol. The van der Waals surface area contributed by atoms with Crippen LogP contribution in [0.3, 0.4) is 0 Å². The Bertz CT molecular complexity index is 569. The van der Waals surface area contributed by atoms with Gasteiger partial charge in [-0.1, -0.05) is 12.1 Å². The molecule has 0 spiro atoms. The number of ether oxygens (including phenoxy) is 1. The maximum Gasteiger partial charge on any atom is 0.133 e. The Morgan fingerprint density at radius 2 is 2.37 bits per heavy atom. The Morgan fingerprint density at radius 1 is 1.53 bits per heavy atom. The van der Waals surface area contributed by atoms with Gasteiger partial charge in [0.2, 0.25) is 0 Å². The van der Waals surface area contributed by atoms with E-state index in [9.17, 15) is 0 Å². The van der Waals surface area contributed by atoms with Gasteiger partial charge in [0.25, 0.3) is 0 Å². The highest BCUT2D eigenvalue weighted by atomic mass is 32.2. The van der Waals surface area contributed by atoms with E-state index in [2.05, 4.69) is 11.1 Å². The Kier molecular flexibility index (Phi) is 3.48. The molecule has 0 aliphatic carbocycles. The van der Waals surface area contributed by atoms with Crippen molar-refractivity contribution in [3.8, 4) is 5.75 Å². The van der Waals surface area contributed by atoms with E-state index in [0.29, 0.717) is 0 Å². The lowest BCUT2D eigenvalue weighted by Crippen LogP contribution is -2.44. The third kappa shape index (κ3) is 2.62. The molecule has 2 N–H and O–H groups in total. The molecule has 19 heavy (non-hydrogen) atoms. The fraction of sp³-hybridized carbons (Fsp3) is 0.357. The van der Waals surface area contributed by atoms with Crippen LogP contribution in [0.1, 0.15) is 5.82 Å². The number of rotatable bonds is 3. The smallest absolute Gasteiger partial charge is 0.133 e. The SMILES string of the molecule is Cn1ccnc1CC(N)C1CSc2ccccc2O1. The molecule has 1 aliphatic rings. The number of imidazole rings is 1. The van der Waals surface area contributed by atoms with Crippen molar-refractivity contribution in [1.82, 2.24) is 9.55 Å². The molecule has 100 valence electrons. The highest BCUT2D eigenvalue weighted by Crippen LogP contribution is 2.35. The second kappa shape index (κ2) is 5.27. The molecule has 1 aromatic carbocycles. The fourth-order valence-corrected chi connectivity index (χ4v) is 3.27. The molecule has 2 heterocycles. The summed E-state index contributed by atoms with van der Waals surface area (Å²) in [4.78, 5) is 5.51. The van der Waals surface area contributed by atoms with E-state index < -0.39 is 0 Å². The second-order valence-corrected chi connectivity index (χ2v) is 5.80. The van der Waals surface area contributed by atoms with E-state index in [4.69, 9.17) is 10.5 Å². The molecular formula is C14H17N3OS. The lowest BCUT2D eigenvalue weighted by atomic mass is 10.1. The van der Waals surface area contributed by atoms with Gasteiger partial charge >= 0.3 is 0 Å². The highest BCUT2D eigenvalue weighted by molar-refractivity contribution is 7.99. The molecule has 4 nitrogen and oxygen atoms in total. The molecular weight excluding hydrogens is 258 g/mol. The maximum atomic E-state index is 6.27. The van der Waals surface area contributed by atoms with Crippen molar-refractivity contribution in [1.29, 1.82) is 0 Å². The van der Waals surface area contributed by atoms with Crippen molar-refractivity contribution in [2.75, 3.05) is 5.75 Å². The predicted octanol–water partition coefficient (Wildman–Crippen LogP) is 1.84. The first-order valence-corrected chi connectivity index (χ1v) is 7.33. The van der Waals surface area contributed by atoms with Crippen LogP contribution < -0.4 is 10.5 Å². The van der Waals surface area contributed by atoms with Gasteiger partial charge in [0.15, 0.2) is 0 Å². The van der Waals surface area contributed by atoms with E-state index in [1.165, 1.54) is 4.90 Å². The number of hydrogen-bond donors (Lipinski definition) is 1. The molecule has 0 fully saturated rings. The van der Waals surface area contributed by atoms with Crippen LogP contribution in [0.25, 0.3) is 0 Å². The number of aryl methyl sites for hydroxylation is 1. The van der Waals surface area contributed by atoms with Gasteiger partial charge in [-0.2, -0.15) is 0 Å². The van der Waals surface area contributed by atoms with Gasteiger partial charge in [0, 0.05) is 42.6 Å². The van der Waals surface area contributed by atoms with E-state index in [1.54, 1.807) is 6.20 Å². The van der Waals surface area contributed by atoms with Crippen molar-refractivity contribution in [3.63, 3.8) is 0 Å². The summed E-state index contributed by atoms with van der Waals surface area (Å²) in [6.07, 6.45) is 4.51. The van der Waals surface area contributed by atoms with Crippen molar-refractivity contribution in [3.05, 3.63) is 42.5 Å². The average Bonchev–Trinajstić information content (AvgIpc) is 2.84. The third-order valence-electron chi connectivity index (χ3n) is 3.35. The molecule has 2 atom stereocenters. The number of aromatic nitrogens is 2. The Labute approximate surface area is 117 Å². The zero-order chi connectivity index (χ0) is 13.2. The molecule has 2 aromatic rings. The van der Waals surface area contributed by atoms with Crippen LogP contribution in [0.4, 0.5) is 0 Å². The van der Waals surface area contributed by atoms with Gasteiger partial charge in [0.1, 0.15) is 17.7 Å². The van der Waals surface area contributed by atoms with Crippen molar-refractivity contribution in [2.45, 2.75) is 23.5 Å². The van der Waals surface area contributed by atoms with Crippen LogP contribution >= 0.6 is 11.8 Å². The van der Waals surface area contributed by atoms with Crippen LogP contribution in [0.5, 0.6) is 5.75 Å². The van der Waals surface area contributed by atoms with Crippen molar-refractivity contribution >= 4 is 11.8 Å². The van der Waals surface area contributed by atoms with Crippen LogP contribution in [0.15, 0.2) is 41.6 Å². The number of benzene rings is 1.